The fourth-order valence-electron chi connectivity index (χ4n) is 1.39. The van der Waals surface area contributed by atoms with Gasteiger partial charge in [-0.25, -0.2) is 0 Å². The highest BCUT2D eigenvalue weighted by Crippen LogP contribution is 2.24. The fraction of sp³-hybridized carbons (Fsp3) is 0.455. The van der Waals surface area contributed by atoms with Crippen LogP contribution in [0.4, 0.5) is 11.4 Å². The second-order valence-corrected chi connectivity index (χ2v) is 4.78. The predicted octanol–water partition coefficient (Wildman–Crippen LogP) is 2.27. The van der Waals surface area contributed by atoms with Crippen molar-refractivity contribution in [1.29, 1.82) is 0 Å². The minimum absolute atomic E-state index is 0.0529. The molecular weight excluding hydrogens is 351 g/mol. The summed E-state index contributed by atoms with van der Waals surface area (Å²) in [5, 5.41) is 13.8. The Morgan fingerprint density at radius 1 is 1.50 bits per heavy atom. The number of nitro benzene ring substituents is 1. The van der Waals surface area contributed by atoms with Crippen molar-refractivity contribution in [2.24, 2.45) is 0 Å². The van der Waals surface area contributed by atoms with Crippen molar-refractivity contribution in [1.82, 2.24) is 0 Å². The van der Waals surface area contributed by atoms with Crippen LogP contribution < -0.4 is 5.32 Å². The summed E-state index contributed by atoms with van der Waals surface area (Å²) >= 11 is 1.95. The van der Waals surface area contributed by atoms with Crippen molar-refractivity contribution >= 4 is 34.0 Å². The van der Waals surface area contributed by atoms with E-state index in [2.05, 4.69) is 5.32 Å². The molecule has 0 aliphatic heterocycles. The van der Waals surface area contributed by atoms with Crippen LogP contribution in [0.25, 0.3) is 0 Å². The Bertz CT molecular complexity index is 414. The number of nitrogens with zero attached hydrogens (tertiary/aromatic N) is 1. The number of halogens is 1. The van der Waals surface area contributed by atoms with Gasteiger partial charge in [-0.2, -0.15) is 0 Å². The van der Waals surface area contributed by atoms with Crippen LogP contribution in [0.2, 0.25) is 0 Å². The maximum Gasteiger partial charge on any atom is 0.282 e. The zero-order chi connectivity index (χ0) is 13.5. The highest BCUT2D eigenvalue weighted by molar-refractivity contribution is 14.1. The Morgan fingerprint density at radius 3 is 2.72 bits per heavy atom. The second kappa shape index (κ2) is 7.49. The third-order valence-electron chi connectivity index (χ3n) is 2.36. The van der Waals surface area contributed by atoms with E-state index in [1.165, 1.54) is 6.07 Å². The standard InChI is InChI=1S/C11H15IN2O4/c1-17-7-9(18-2)6-13-8-3-4-11(14(15)16)10(12)5-8/h3-5,9,13H,6-7H2,1-2H3. The molecule has 1 aromatic carbocycles. The molecule has 18 heavy (non-hydrogen) atoms. The van der Waals surface area contributed by atoms with E-state index in [9.17, 15) is 10.1 Å². The summed E-state index contributed by atoms with van der Waals surface area (Å²) in [4.78, 5) is 10.3. The first kappa shape index (κ1) is 15.1. The van der Waals surface area contributed by atoms with Gasteiger partial charge in [0.25, 0.3) is 5.69 Å². The molecule has 1 rings (SSSR count). The summed E-state index contributed by atoms with van der Waals surface area (Å²) in [6.45, 7) is 1.08. The Labute approximate surface area is 119 Å². The summed E-state index contributed by atoms with van der Waals surface area (Å²) in [7, 11) is 3.23. The summed E-state index contributed by atoms with van der Waals surface area (Å²) in [6, 6.07) is 4.90. The molecule has 1 aromatic rings. The molecule has 0 aromatic heterocycles. The van der Waals surface area contributed by atoms with Crippen molar-refractivity contribution in [2.75, 3.05) is 32.7 Å². The lowest BCUT2D eigenvalue weighted by atomic mass is 10.2. The summed E-state index contributed by atoms with van der Waals surface area (Å²) < 4.78 is 10.8. The Morgan fingerprint density at radius 2 is 2.22 bits per heavy atom. The van der Waals surface area contributed by atoms with Gasteiger partial charge >= 0.3 is 0 Å². The van der Waals surface area contributed by atoms with Crippen molar-refractivity contribution in [2.45, 2.75) is 6.10 Å². The molecular formula is C11H15IN2O4. The monoisotopic (exact) mass is 366 g/mol. The van der Waals surface area contributed by atoms with E-state index in [-0.39, 0.29) is 11.8 Å². The number of hydrogen-bond donors (Lipinski definition) is 1. The van der Waals surface area contributed by atoms with E-state index < -0.39 is 4.92 Å². The van der Waals surface area contributed by atoms with Crippen LogP contribution in [0, 0.1) is 13.7 Å². The molecule has 7 heteroatoms. The lowest BCUT2D eigenvalue weighted by Crippen LogP contribution is -2.26. The molecule has 0 radical (unpaired) electrons. The van der Waals surface area contributed by atoms with Gasteiger partial charge in [0.15, 0.2) is 0 Å². The van der Waals surface area contributed by atoms with Gasteiger partial charge in [-0.15, -0.1) is 0 Å². The Kier molecular flexibility index (Phi) is 6.30. The van der Waals surface area contributed by atoms with Gasteiger partial charge < -0.3 is 14.8 Å². The van der Waals surface area contributed by atoms with Gasteiger partial charge in [0.2, 0.25) is 0 Å². The van der Waals surface area contributed by atoms with Gasteiger partial charge in [0.1, 0.15) is 0 Å². The number of hydrogen-bond acceptors (Lipinski definition) is 5. The van der Waals surface area contributed by atoms with Crippen LogP contribution in [0.5, 0.6) is 0 Å². The average molecular weight is 366 g/mol. The lowest BCUT2D eigenvalue weighted by molar-refractivity contribution is -0.385. The van der Waals surface area contributed by atoms with Crippen molar-refractivity contribution in [3.63, 3.8) is 0 Å². The molecule has 0 spiro atoms. The largest absolute Gasteiger partial charge is 0.382 e. The van der Waals surface area contributed by atoms with Gasteiger partial charge in [0.05, 0.1) is 21.2 Å². The molecule has 0 fully saturated rings. The molecule has 0 bridgehead atoms. The maximum absolute atomic E-state index is 10.7. The molecule has 0 amide bonds. The van der Waals surface area contributed by atoms with E-state index >= 15 is 0 Å². The van der Waals surface area contributed by atoms with E-state index in [4.69, 9.17) is 9.47 Å². The molecule has 1 N–H and O–H groups in total. The third-order valence-corrected chi connectivity index (χ3v) is 3.23. The minimum atomic E-state index is -0.394. The fourth-order valence-corrected chi connectivity index (χ4v) is 2.11. The molecule has 100 valence electrons. The highest BCUT2D eigenvalue weighted by Gasteiger charge is 2.12. The first-order valence-corrected chi connectivity index (χ1v) is 6.36. The SMILES string of the molecule is COCC(CNc1ccc([N+](=O)[O-])c(I)c1)OC. The Hall–Kier alpha value is -0.930. The van der Waals surface area contributed by atoms with Crippen LogP contribution in [0.3, 0.4) is 0 Å². The van der Waals surface area contributed by atoms with E-state index in [1.807, 2.05) is 22.6 Å². The summed E-state index contributed by atoms with van der Waals surface area (Å²) in [6.07, 6.45) is -0.0529. The topological polar surface area (TPSA) is 73.6 Å². The van der Waals surface area contributed by atoms with Crippen LogP contribution in [-0.2, 0) is 9.47 Å². The van der Waals surface area contributed by atoms with Crippen molar-refractivity contribution in [3.8, 4) is 0 Å². The number of rotatable bonds is 7. The quantitative estimate of drug-likeness (QED) is 0.455. The molecule has 0 saturated carbocycles. The van der Waals surface area contributed by atoms with Crippen LogP contribution in [-0.4, -0.2) is 38.4 Å². The van der Waals surface area contributed by atoms with Crippen molar-refractivity contribution < 1.29 is 14.4 Å². The summed E-state index contributed by atoms with van der Waals surface area (Å²) in [5.74, 6) is 0. The van der Waals surface area contributed by atoms with Gasteiger partial charge in [-0.1, -0.05) is 0 Å². The number of anilines is 1. The molecule has 1 unspecified atom stereocenters. The normalized spacial score (nSPS) is 12.2. The smallest absolute Gasteiger partial charge is 0.282 e. The number of benzene rings is 1. The number of ether oxygens (including phenoxy) is 2. The van der Waals surface area contributed by atoms with E-state index in [0.717, 1.165) is 5.69 Å². The average Bonchev–Trinajstić information content (AvgIpc) is 2.34. The molecule has 1 atom stereocenters. The van der Waals surface area contributed by atoms with E-state index in [1.54, 1.807) is 26.4 Å². The lowest BCUT2D eigenvalue weighted by Gasteiger charge is -2.15. The zero-order valence-corrected chi connectivity index (χ0v) is 12.3. The van der Waals surface area contributed by atoms with Gasteiger partial charge in [-0.3, -0.25) is 10.1 Å². The Balaban J connectivity index is 2.63. The maximum atomic E-state index is 10.7. The van der Waals surface area contributed by atoms with E-state index in [0.29, 0.717) is 16.7 Å². The second-order valence-electron chi connectivity index (χ2n) is 3.62. The van der Waals surface area contributed by atoms with Crippen LogP contribution in [0.1, 0.15) is 0 Å². The van der Waals surface area contributed by atoms with Gasteiger partial charge in [0, 0.05) is 32.5 Å². The molecule has 0 saturated heterocycles. The summed E-state index contributed by atoms with van der Waals surface area (Å²) in [5.41, 5.74) is 0.935. The number of nitrogens with one attached hydrogen (secondary N) is 1. The van der Waals surface area contributed by atoms with Crippen LogP contribution >= 0.6 is 22.6 Å². The molecule has 0 aliphatic rings. The molecule has 0 aliphatic carbocycles. The first-order valence-electron chi connectivity index (χ1n) is 5.28. The molecule has 0 heterocycles. The highest BCUT2D eigenvalue weighted by atomic mass is 127. The molecule has 6 nitrogen and oxygen atoms in total. The zero-order valence-electron chi connectivity index (χ0n) is 10.2. The third kappa shape index (κ3) is 4.39. The number of methoxy groups -OCH3 is 2. The van der Waals surface area contributed by atoms with Crippen molar-refractivity contribution in [3.05, 3.63) is 31.9 Å². The first-order chi connectivity index (χ1) is 8.58. The number of nitro groups is 1. The van der Waals surface area contributed by atoms with Crippen LogP contribution in [0.15, 0.2) is 18.2 Å². The predicted molar refractivity (Wildman–Crippen MR) is 77.0 cm³/mol. The minimum Gasteiger partial charge on any atom is -0.382 e. The van der Waals surface area contributed by atoms with Gasteiger partial charge in [-0.05, 0) is 34.7 Å².